The number of aryl methyl sites for hydroxylation is 1. The number of ether oxygens (including phenoxy) is 1. The molecule has 0 bridgehead atoms. The average molecular weight is 248 g/mol. The highest BCUT2D eigenvalue weighted by molar-refractivity contribution is 5.72. The van der Waals surface area contributed by atoms with Crippen molar-refractivity contribution in [3.63, 3.8) is 0 Å². The zero-order valence-electron chi connectivity index (χ0n) is 11.7. The second-order valence-corrected chi connectivity index (χ2v) is 4.98. The van der Waals surface area contributed by atoms with Crippen LogP contribution in [0.2, 0.25) is 0 Å². The van der Waals surface area contributed by atoms with Crippen LogP contribution in [0, 0.1) is 11.8 Å². The van der Waals surface area contributed by atoms with Crippen LogP contribution in [-0.2, 0) is 16.0 Å². The molecule has 0 N–H and O–H groups in total. The Balaban J connectivity index is 2.41. The predicted octanol–water partition coefficient (Wildman–Crippen LogP) is 3.84. The molecule has 1 aromatic carbocycles. The van der Waals surface area contributed by atoms with Crippen LogP contribution in [0.5, 0.6) is 0 Å². The summed E-state index contributed by atoms with van der Waals surface area (Å²) in [6.07, 6.45) is 2.97. The standard InChI is InChI=1S/C16H24O2/c1-4-18-16(17)15(13(2)3)12-8-11-14-9-6-5-7-10-14/h5-7,9-10,13,15H,4,8,11-12H2,1-3H3. The van der Waals surface area contributed by atoms with Crippen molar-refractivity contribution in [1.82, 2.24) is 0 Å². The molecule has 18 heavy (non-hydrogen) atoms. The zero-order chi connectivity index (χ0) is 13.4. The summed E-state index contributed by atoms with van der Waals surface area (Å²) >= 11 is 0. The highest BCUT2D eigenvalue weighted by atomic mass is 16.5. The van der Waals surface area contributed by atoms with Crippen LogP contribution in [0.1, 0.15) is 39.2 Å². The Hall–Kier alpha value is -1.31. The topological polar surface area (TPSA) is 26.3 Å². The smallest absolute Gasteiger partial charge is 0.309 e. The van der Waals surface area contributed by atoms with E-state index in [1.165, 1.54) is 5.56 Å². The van der Waals surface area contributed by atoms with Gasteiger partial charge in [-0.15, -0.1) is 0 Å². The third kappa shape index (κ3) is 4.91. The maximum atomic E-state index is 11.8. The lowest BCUT2D eigenvalue weighted by Gasteiger charge is -2.18. The van der Waals surface area contributed by atoms with Crippen LogP contribution in [0.15, 0.2) is 30.3 Å². The monoisotopic (exact) mass is 248 g/mol. The Morgan fingerprint density at radius 2 is 1.89 bits per heavy atom. The van der Waals surface area contributed by atoms with Gasteiger partial charge in [-0.3, -0.25) is 4.79 Å². The maximum Gasteiger partial charge on any atom is 0.309 e. The molecule has 0 aromatic heterocycles. The highest BCUT2D eigenvalue weighted by Crippen LogP contribution is 2.20. The van der Waals surface area contributed by atoms with E-state index in [1.54, 1.807) is 0 Å². The normalized spacial score (nSPS) is 12.4. The first-order chi connectivity index (χ1) is 8.65. The van der Waals surface area contributed by atoms with Gasteiger partial charge in [0.2, 0.25) is 0 Å². The summed E-state index contributed by atoms with van der Waals surface area (Å²) < 4.78 is 5.13. The highest BCUT2D eigenvalue weighted by Gasteiger charge is 2.22. The van der Waals surface area contributed by atoms with Gasteiger partial charge in [0.05, 0.1) is 12.5 Å². The van der Waals surface area contributed by atoms with Crippen LogP contribution < -0.4 is 0 Å². The van der Waals surface area contributed by atoms with E-state index in [0.717, 1.165) is 19.3 Å². The molecule has 100 valence electrons. The van der Waals surface area contributed by atoms with Gasteiger partial charge in [0.25, 0.3) is 0 Å². The Labute approximate surface area is 110 Å². The maximum absolute atomic E-state index is 11.8. The minimum absolute atomic E-state index is 0.0358. The number of hydrogen-bond acceptors (Lipinski definition) is 2. The van der Waals surface area contributed by atoms with Gasteiger partial charge >= 0.3 is 5.97 Å². The fourth-order valence-corrected chi connectivity index (χ4v) is 2.14. The molecule has 1 aromatic rings. The molecule has 0 aliphatic carbocycles. The van der Waals surface area contributed by atoms with E-state index in [2.05, 4.69) is 38.1 Å². The number of carbonyl (C=O) groups excluding carboxylic acids is 1. The Morgan fingerprint density at radius 3 is 2.44 bits per heavy atom. The molecule has 2 heteroatoms. The van der Waals surface area contributed by atoms with Gasteiger partial charge in [-0.05, 0) is 37.7 Å². The second-order valence-electron chi connectivity index (χ2n) is 4.98. The average Bonchev–Trinajstić information content (AvgIpc) is 2.35. The van der Waals surface area contributed by atoms with Crippen LogP contribution in [-0.4, -0.2) is 12.6 Å². The fraction of sp³-hybridized carbons (Fsp3) is 0.562. The molecule has 1 rings (SSSR count). The molecule has 0 fully saturated rings. The molecule has 0 heterocycles. The van der Waals surface area contributed by atoms with E-state index >= 15 is 0 Å². The van der Waals surface area contributed by atoms with Crippen molar-refractivity contribution in [3.8, 4) is 0 Å². The van der Waals surface area contributed by atoms with Gasteiger partial charge in [-0.2, -0.15) is 0 Å². The van der Waals surface area contributed by atoms with Crippen molar-refractivity contribution in [3.05, 3.63) is 35.9 Å². The SMILES string of the molecule is CCOC(=O)C(CCCc1ccccc1)C(C)C. The summed E-state index contributed by atoms with van der Waals surface area (Å²) in [4.78, 5) is 11.8. The molecule has 0 saturated heterocycles. The lowest BCUT2D eigenvalue weighted by Crippen LogP contribution is -2.23. The molecule has 0 radical (unpaired) electrons. The summed E-state index contributed by atoms with van der Waals surface area (Å²) in [6.45, 7) is 6.51. The van der Waals surface area contributed by atoms with Crippen molar-refractivity contribution in [1.29, 1.82) is 0 Å². The molecule has 0 aliphatic rings. The van der Waals surface area contributed by atoms with E-state index in [9.17, 15) is 4.79 Å². The van der Waals surface area contributed by atoms with Crippen LogP contribution in [0.4, 0.5) is 0 Å². The number of esters is 1. The largest absolute Gasteiger partial charge is 0.466 e. The second kappa shape index (κ2) is 7.91. The number of rotatable bonds is 7. The van der Waals surface area contributed by atoms with Gasteiger partial charge in [0.15, 0.2) is 0 Å². The predicted molar refractivity (Wildman–Crippen MR) is 74.3 cm³/mol. The number of carbonyl (C=O) groups is 1. The van der Waals surface area contributed by atoms with Gasteiger partial charge in [-0.25, -0.2) is 0 Å². The third-order valence-electron chi connectivity index (χ3n) is 3.22. The van der Waals surface area contributed by atoms with Crippen molar-refractivity contribution in [2.24, 2.45) is 11.8 Å². The van der Waals surface area contributed by atoms with E-state index in [4.69, 9.17) is 4.74 Å². The molecule has 2 nitrogen and oxygen atoms in total. The molecular weight excluding hydrogens is 224 g/mol. The quantitative estimate of drug-likeness (QED) is 0.685. The summed E-state index contributed by atoms with van der Waals surface area (Å²) in [5.41, 5.74) is 1.34. The van der Waals surface area contributed by atoms with Crippen LogP contribution >= 0.6 is 0 Å². The van der Waals surface area contributed by atoms with Crippen molar-refractivity contribution in [2.75, 3.05) is 6.61 Å². The first-order valence-electron chi connectivity index (χ1n) is 6.85. The third-order valence-corrected chi connectivity index (χ3v) is 3.22. The molecule has 1 atom stereocenters. The molecular formula is C16H24O2. The first-order valence-corrected chi connectivity index (χ1v) is 6.85. The van der Waals surface area contributed by atoms with E-state index in [1.807, 2.05) is 13.0 Å². The summed E-state index contributed by atoms with van der Waals surface area (Å²) in [5.74, 6) is 0.342. The Morgan fingerprint density at radius 1 is 1.22 bits per heavy atom. The molecule has 0 amide bonds. The lowest BCUT2D eigenvalue weighted by atomic mass is 9.90. The summed E-state index contributed by atoms with van der Waals surface area (Å²) in [7, 11) is 0. The molecule has 0 aliphatic heterocycles. The van der Waals surface area contributed by atoms with Gasteiger partial charge in [-0.1, -0.05) is 44.2 Å². The minimum atomic E-state index is -0.0411. The van der Waals surface area contributed by atoms with Crippen LogP contribution in [0.25, 0.3) is 0 Å². The van der Waals surface area contributed by atoms with Crippen molar-refractivity contribution >= 4 is 5.97 Å². The summed E-state index contributed by atoms with van der Waals surface area (Å²) in [5, 5.41) is 0. The minimum Gasteiger partial charge on any atom is -0.466 e. The Kier molecular flexibility index (Phi) is 6.48. The van der Waals surface area contributed by atoms with E-state index in [0.29, 0.717) is 12.5 Å². The van der Waals surface area contributed by atoms with Crippen molar-refractivity contribution < 1.29 is 9.53 Å². The van der Waals surface area contributed by atoms with Gasteiger partial charge < -0.3 is 4.74 Å². The van der Waals surface area contributed by atoms with E-state index in [-0.39, 0.29) is 11.9 Å². The molecule has 0 spiro atoms. The number of benzene rings is 1. The summed E-state index contributed by atoms with van der Waals surface area (Å²) in [6, 6.07) is 10.4. The first kappa shape index (κ1) is 14.7. The van der Waals surface area contributed by atoms with Gasteiger partial charge in [0, 0.05) is 0 Å². The van der Waals surface area contributed by atoms with Gasteiger partial charge in [0.1, 0.15) is 0 Å². The molecule has 1 unspecified atom stereocenters. The number of hydrogen-bond donors (Lipinski definition) is 0. The molecule has 0 saturated carbocycles. The van der Waals surface area contributed by atoms with Crippen molar-refractivity contribution in [2.45, 2.75) is 40.0 Å². The van der Waals surface area contributed by atoms with E-state index < -0.39 is 0 Å². The Bertz CT molecular complexity index is 343. The van der Waals surface area contributed by atoms with Crippen LogP contribution in [0.3, 0.4) is 0 Å². The fourth-order valence-electron chi connectivity index (χ4n) is 2.14. The lowest BCUT2D eigenvalue weighted by molar-refractivity contribution is -0.149. The zero-order valence-corrected chi connectivity index (χ0v) is 11.7.